The predicted molar refractivity (Wildman–Crippen MR) is 152 cm³/mol. The Morgan fingerprint density at radius 3 is 1.37 bits per heavy atom. The van der Waals surface area contributed by atoms with Crippen molar-refractivity contribution < 1.29 is 18.9 Å². The highest BCUT2D eigenvalue weighted by Gasteiger charge is 2.42. The monoisotopic (exact) mass is 513 g/mol. The van der Waals surface area contributed by atoms with Crippen molar-refractivity contribution in [3.05, 3.63) is 133 Å². The van der Waals surface area contributed by atoms with Gasteiger partial charge in [-0.25, -0.2) is 0 Å². The number of likely N-dealkylation sites (tertiary alicyclic amines) is 1. The third-order valence-electron chi connectivity index (χ3n) is 6.61. The number of hydrogen-bond donors (Lipinski definition) is 0. The molecule has 1 heterocycles. The van der Waals surface area contributed by atoms with Crippen LogP contribution in [0.15, 0.2) is 116 Å². The van der Waals surface area contributed by atoms with Crippen molar-refractivity contribution >= 4 is 0 Å². The molecule has 3 aromatic rings. The SMILES string of the molecule is C=CCO[C@H]1[C@H](OCC=C)[C@@H](OCc2ccccc2)CN(Cc2ccccc2)C[C@@H]1OCc1ccccc1. The molecule has 1 aliphatic rings. The molecule has 0 spiro atoms. The third-order valence-corrected chi connectivity index (χ3v) is 6.61. The average Bonchev–Trinajstić information content (AvgIpc) is 3.10. The van der Waals surface area contributed by atoms with E-state index in [0.717, 1.165) is 17.7 Å². The topological polar surface area (TPSA) is 40.2 Å². The second-order valence-electron chi connectivity index (χ2n) is 9.52. The molecule has 5 heteroatoms. The van der Waals surface area contributed by atoms with Gasteiger partial charge in [-0.05, 0) is 16.7 Å². The molecule has 200 valence electrons. The third kappa shape index (κ3) is 8.48. The van der Waals surface area contributed by atoms with E-state index >= 15 is 0 Å². The standard InChI is InChI=1S/C33H39NO4/c1-3-20-35-32-30(37-25-28-16-10-6-11-17-28)23-34(22-27-14-8-5-9-15-27)24-31(33(32)36-21-4-2)38-26-29-18-12-7-13-19-29/h3-19,30-33H,1-2,20-26H2/t30-,31-,32+,33+/m0/s1. The summed E-state index contributed by atoms with van der Waals surface area (Å²) in [7, 11) is 0. The van der Waals surface area contributed by atoms with Gasteiger partial charge < -0.3 is 18.9 Å². The smallest absolute Gasteiger partial charge is 0.114 e. The van der Waals surface area contributed by atoms with E-state index in [1.807, 2.05) is 42.5 Å². The first kappa shape index (κ1) is 28.0. The zero-order chi connectivity index (χ0) is 26.4. The molecule has 0 saturated carbocycles. The Labute approximate surface area is 227 Å². The van der Waals surface area contributed by atoms with Crippen molar-refractivity contribution in [1.29, 1.82) is 0 Å². The minimum Gasteiger partial charge on any atom is -0.369 e. The van der Waals surface area contributed by atoms with Crippen molar-refractivity contribution in [3.63, 3.8) is 0 Å². The molecule has 4 rings (SSSR count). The van der Waals surface area contributed by atoms with Crippen LogP contribution in [0.1, 0.15) is 16.7 Å². The van der Waals surface area contributed by atoms with Crippen LogP contribution in [-0.2, 0) is 38.7 Å². The van der Waals surface area contributed by atoms with Gasteiger partial charge in [-0.3, -0.25) is 4.90 Å². The Morgan fingerprint density at radius 2 is 0.974 bits per heavy atom. The number of benzene rings is 3. The quantitative estimate of drug-likeness (QED) is 0.254. The van der Waals surface area contributed by atoms with Gasteiger partial charge in [0.1, 0.15) is 12.2 Å². The highest BCUT2D eigenvalue weighted by molar-refractivity contribution is 5.16. The van der Waals surface area contributed by atoms with Crippen LogP contribution in [0.3, 0.4) is 0 Å². The molecule has 0 aliphatic carbocycles. The van der Waals surface area contributed by atoms with Gasteiger partial charge in [0.25, 0.3) is 0 Å². The molecule has 0 radical (unpaired) electrons. The van der Waals surface area contributed by atoms with Crippen LogP contribution in [0.25, 0.3) is 0 Å². The molecule has 3 aromatic carbocycles. The fraction of sp³-hybridized carbons (Fsp3) is 0.333. The molecule has 0 N–H and O–H groups in total. The van der Waals surface area contributed by atoms with E-state index in [1.54, 1.807) is 12.2 Å². The van der Waals surface area contributed by atoms with Crippen LogP contribution in [0, 0.1) is 0 Å². The molecular formula is C33H39NO4. The summed E-state index contributed by atoms with van der Waals surface area (Å²) in [6, 6.07) is 31.0. The predicted octanol–water partition coefficient (Wildman–Crippen LogP) is 5.82. The Bertz CT molecular complexity index is 1010. The Balaban J connectivity index is 1.62. The molecule has 4 atom stereocenters. The minimum absolute atomic E-state index is 0.237. The van der Waals surface area contributed by atoms with Gasteiger partial charge in [-0.1, -0.05) is 103 Å². The number of rotatable bonds is 14. The lowest BCUT2D eigenvalue weighted by Gasteiger charge is -2.34. The summed E-state index contributed by atoms with van der Waals surface area (Å²) in [6.07, 6.45) is 2.37. The van der Waals surface area contributed by atoms with Crippen LogP contribution in [0.5, 0.6) is 0 Å². The largest absolute Gasteiger partial charge is 0.369 e. The van der Waals surface area contributed by atoms with E-state index in [-0.39, 0.29) is 24.4 Å². The summed E-state index contributed by atoms with van der Waals surface area (Å²) < 4.78 is 26.0. The van der Waals surface area contributed by atoms with Gasteiger partial charge in [0, 0.05) is 19.6 Å². The van der Waals surface area contributed by atoms with Gasteiger partial charge >= 0.3 is 0 Å². The number of ether oxygens (including phenoxy) is 4. The summed E-state index contributed by atoms with van der Waals surface area (Å²) in [4.78, 5) is 2.39. The lowest BCUT2D eigenvalue weighted by molar-refractivity contribution is -0.164. The van der Waals surface area contributed by atoms with E-state index in [2.05, 4.69) is 66.6 Å². The second-order valence-corrected chi connectivity index (χ2v) is 9.52. The summed E-state index contributed by atoms with van der Waals surface area (Å²) in [6.45, 7) is 11.7. The summed E-state index contributed by atoms with van der Waals surface area (Å²) >= 11 is 0. The van der Waals surface area contributed by atoms with E-state index in [0.29, 0.717) is 39.5 Å². The molecule has 38 heavy (non-hydrogen) atoms. The Kier molecular flexibility index (Phi) is 11.3. The first-order valence-electron chi connectivity index (χ1n) is 13.3. The number of hydrogen-bond acceptors (Lipinski definition) is 5. The van der Waals surface area contributed by atoms with Gasteiger partial charge in [-0.2, -0.15) is 0 Å². The van der Waals surface area contributed by atoms with Crippen LogP contribution < -0.4 is 0 Å². The minimum atomic E-state index is -0.349. The van der Waals surface area contributed by atoms with Crippen LogP contribution >= 0.6 is 0 Å². The van der Waals surface area contributed by atoms with Crippen molar-refractivity contribution in [2.24, 2.45) is 0 Å². The molecular weight excluding hydrogens is 474 g/mol. The summed E-state index contributed by atoms with van der Waals surface area (Å²) in [5, 5.41) is 0. The maximum atomic E-state index is 6.59. The molecule has 0 amide bonds. The fourth-order valence-corrected chi connectivity index (χ4v) is 4.80. The van der Waals surface area contributed by atoms with Gasteiger partial charge in [0.2, 0.25) is 0 Å². The lowest BCUT2D eigenvalue weighted by Crippen LogP contribution is -2.49. The number of nitrogens with zero attached hydrogens (tertiary/aromatic N) is 1. The molecule has 1 aliphatic heterocycles. The Morgan fingerprint density at radius 1 is 0.579 bits per heavy atom. The van der Waals surface area contributed by atoms with Crippen molar-refractivity contribution in [1.82, 2.24) is 4.90 Å². The zero-order valence-electron chi connectivity index (χ0n) is 22.1. The molecule has 1 fully saturated rings. The molecule has 0 unspecified atom stereocenters. The average molecular weight is 514 g/mol. The van der Waals surface area contributed by atoms with E-state index in [1.165, 1.54) is 5.56 Å². The first-order valence-corrected chi connectivity index (χ1v) is 13.3. The normalized spacial score (nSPS) is 22.0. The van der Waals surface area contributed by atoms with Crippen molar-refractivity contribution in [2.45, 2.75) is 44.2 Å². The molecule has 0 aromatic heterocycles. The Hall–Kier alpha value is -3.06. The van der Waals surface area contributed by atoms with Gasteiger partial charge in [-0.15, -0.1) is 13.2 Å². The maximum absolute atomic E-state index is 6.59. The van der Waals surface area contributed by atoms with Crippen LogP contribution in [0.2, 0.25) is 0 Å². The van der Waals surface area contributed by atoms with Gasteiger partial charge in [0.15, 0.2) is 0 Å². The maximum Gasteiger partial charge on any atom is 0.114 e. The second kappa shape index (κ2) is 15.4. The summed E-state index contributed by atoms with van der Waals surface area (Å²) in [5.74, 6) is 0. The van der Waals surface area contributed by atoms with Crippen LogP contribution in [0.4, 0.5) is 0 Å². The van der Waals surface area contributed by atoms with E-state index in [4.69, 9.17) is 18.9 Å². The molecule has 0 bridgehead atoms. The van der Waals surface area contributed by atoms with Crippen molar-refractivity contribution in [3.8, 4) is 0 Å². The van der Waals surface area contributed by atoms with E-state index in [9.17, 15) is 0 Å². The van der Waals surface area contributed by atoms with E-state index < -0.39 is 0 Å². The summed E-state index contributed by atoms with van der Waals surface area (Å²) in [5.41, 5.74) is 3.48. The molecule has 1 saturated heterocycles. The van der Waals surface area contributed by atoms with Crippen molar-refractivity contribution in [2.75, 3.05) is 26.3 Å². The molecule has 5 nitrogen and oxygen atoms in total. The fourth-order valence-electron chi connectivity index (χ4n) is 4.80. The van der Waals surface area contributed by atoms with Gasteiger partial charge in [0.05, 0.1) is 38.6 Å². The van der Waals surface area contributed by atoms with Crippen LogP contribution in [-0.4, -0.2) is 55.6 Å². The highest BCUT2D eigenvalue weighted by atomic mass is 16.6. The zero-order valence-corrected chi connectivity index (χ0v) is 22.1. The highest BCUT2D eigenvalue weighted by Crippen LogP contribution is 2.26. The first-order chi connectivity index (χ1) is 18.8. The lowest BCUT2D eigenvalue weighted by atomic mass is 10.0.